The van der Waals surface area contributed by atoms with E-state index in [1.54, 1.807) is 0 Å². The van der Waals surface area contributed by atoms with Crippen LogP contribution < -0.4 is 5.32 Å². The Morgan fingerprint density at radius 2 is 2.21 bits per heavy atom. The summed E-state index contributed by atoms with van der Waals surface area (Å²) in [6.07, 6.45) is 3.35. The monoisotopic (exact) mass is 265 g/mol. The molecule has 1 unspecified atom stereocenters. The van der Waals surface area contributed by atoms with E-state index in [1.807, 2.05) is 25.6 Å². The Bertz CT molecular complexity index is 464. The minimum absolute atomic E-state index is 0.0320. The molecule has 0 saturated heterocycles. The van der Waals surface area contributed by atoms with Gasteiger partial charge in [0.15, 0.2) is 0 Å². The highest BCUT2D eigenvalue weighted by molar-refractivity contribution is 5.79. The first-order chi connectivity index (χ1) is 9.02. The van der Waals surface area contributed by atoms with E-state index in [1.165, 1.54) is 0 Å². The zero-order chi connectivity index (χ0) is 14.0. The van der Waals surface area contributed by atoms with Crippen molar-refractivity contribution in [1.82, 2.24) is 15.1 Å². The van der Waals surface area contributed by atoms with Crippen LogP contribution in [0.15, 0.2) is 0 Å². The second-order valence-corrected chi connectivity index (χ2v) is 5.47. The van der Waals surface area contributed by atoms with Crippen molar-refractivity contribution in [2.75, 3.05) is 6.61 Å². The van der Waals surface area contributed by atoms with Gasteiger partial charge in [0.1, 0.15) is 0 Å². The summed E-state index contributed by atoms with van der Waals surface area (Å²) >= 11 is 0. The Kier molecular flexibility index (Phi) is 4.24. The van der Waals surface area contributed by atoms with E-state index < -0.39 is 0 Å². The van der Waals surface area contributed by atoms with Crippen molar-refractivity contribution in [3.63, 3.8) is 0 Å². The molecule has 0 bridgehead atoms. The second-order valence-electron chi connectivity index (χ2n) is 5.47. The molecule has 1 aromatic rings. The third-order valence-corrected chi connectivity index (χ3v) is 3.97. The fourth-order valence-corrected chi connectivity index (χ4v) is 2.56. The van der Waals surface area contributed by atoms with Gasteiger partial charge in [-0.3, -0.25) is 9.48 Å². The fourth-order valence-electron chi connectivity index (χ4n) is 2.56. The molecule has 5 nitrogen and oxygen atoms in total. The van der Waals surface area contributed by atoms with E-state index in [-0.39, 0.29) is 18.6 Å². The van der Waals surface area contributed by atoms with Crippen LogP contribution in [0.2, 0.25) is 0 Å². The lowest BCUT2D eigenvalue weighted by Gasteiger charge is -2.17. The molecule has 106 valence electrons. The minimum atomic E-state index is 0.0320. The fraction of sp³-hybridized carbons (Fsp3) is 0.714. The van der Waals surface area contributed by atoms with E-state index >= 15 is 0 Å². The first-order valence-electron chi connectivity index (χ1n) is 6.92. The molecule has 1 heterocycles. The molecule has 0 radical (unpaired) electrons. The summed E-state index contributed by atoms with van der Waals surface area (Å²) in [5.41, 5.74) is 2.97. The van der Waals surface area contributed by atoms with Crippen LogP contribution in [0.4, 0.5) is 0 Å². The summed E-state index contributed by atoms with van der Waals surface area (Å²) in [4.78, 5) is 12.1. The molecule has 5 heteroatoms. The standard InChI is InChI=1S/C14H23N3O2/c1-9-12(10(2)17(3)16-9)8-14(19)15-13(6-7-18)11-4-5-11/h11,13,18H,4-8H2,1-3H3,(H,15,19). The maximum absolute atomic E-state index is 12.1. The zero-order valence-corrected chi connectivity index (χ0v) is 11.9. The molecule has 1 amide bonds. The van der Waals surface area contributed by atoms with E-state index in [0.717, 1.165) is 29.8 Å². The molecule has 1 saturated carbocycles. The van der Waals surface area contributed by atoms with Crippen LogP contribution >= 0.6 is 0 Å². The summed E-state index contributed by atoms with van der Waals surface area (Å²) < 4.78 is 1.81. The third kappa shape index (κ3) is 3.35. The van der Waals surface area contributed by atoms with Gasteiger partial charge in [0, 0.05) is 31.0 Å². The van der Waals surface area contributed by atoms with Gasteiger partial charge < -0.3 is 10.4 Å². The number of aliphatic hydroxyl groups excluding tert-OH is 1. The van der Waals surface area contributed by atoms with E-state index in [4.69, 9.17) is 5.11 Å². The van der Waals surface area contributed by atoms with Gasteiger partial charge in [0.05, 0.1) is 12.1 Å². The predicted octanol–water partition coefficient (Wildman–Crippen LogP) is 0.857. The average molecular weight is 265 g/mol. The number of carbonyl (C=O) groups is 1. The molecule has 1 aliphatic rings. The van der Waals surface area contributed by atoms with Gasteiger partial charge in [-0.2, -0.15) is 5.10 Å². The second kappa shape index (κ2) is 5.74. The maximum atomic E-state index is 12.1. The van der Waals surface area contributed by atoms with Gasteiger partial charge >= 0.3 is 0 Å². The normalized spacial score (nSPS) is 16.4. The van der Waals surface area contributed by atoms with Crippen LogP contribution in [0.3, 0.4) is 0 Å². The van der Waals surface area contributed by atoms with Crippen molar-refractivity contribution < 1.29 is 9.90 Å². The Hall–Kier alpha value is -1.36. The van der Waals surface area contributed by atoms with Gasteiger partial charge in [-0.05, 0) is 39.0 Å². The first-order valence-corrected chi connectivity index (χ1v) is 6.92. The number of nitrogens with one attached hydrogen (secondary N) is 1. The number of carbonyl (C=O) groups excluding carboxylic acids is 1. The quantitative estimate of drug-likeness (QED) is 0.801. The first kappa shape index (κ1) is 14.1. The molecule has 0 aromatic carbocycles. The largest absolute Gasteiger partial charge is 0.396 e. The summed E-state index contributed by atoms with van der Waals surface area (Å²) in [5, 5.41) is 16.4. The highest BCUT2D eigenvalue weighted by Crippen LogP contribution is 2.33. The van der Waals surface area contributed by atoms with Crippen LogP contribution in [0.5, 0.6) is 0 Å². The zero-order valence-electron chi connectivity index (χ0n) is 11.9. The van der Waals surface area contributed by atoms with Crippen molar-refractivity contribution in [1.29, 1.82) is 0 Å². The highest BCUT2D eigenvalue weighted by atomic mass is 16.3. The number of aliphatic hydroxyl groups is 1. The van der Waals surface area contributed by atoms with Gasteiger partial charge in [-0.1, -0.05) is 0 Å². The molecule has 1 aliphatic carbocycles. The lowest BCUT2D eigenvalue weighted by molar-refractivity contribution is -0.121. The minimum Gasteiger partial charge on any atom is -0.396 e. The van der Waals surface area contributed by atoms with E-state index in [9.17, 15) is 4.79 Å². The van der Waals surface area contributed by atoms with Crippen molar-refractivity contribution in [2.45, 2.75) is 45.6 Å². The molecular formula is C14H23N3O2. The Labute approximate surface area is 114 Å². The molecule has 2 N–H and O–H groups in total. The van der Waals surface area contributed by atoms with Crippen molar-refractivity contribution in [2.24, 2.45) is 13.0 Å². The van der Waals surface area contributed by atoms with Gasteiger partial charge in [-0.25, -0.2) is 0 Å². The summed E-state index contributed by atoms with van der Waals surface area (Å²) in [6, 6.07) is 0.134. The van der Waals surface area contributed by atoms with Crippen LogP contribution in [-0.2, 0) is 18.3 Å². The molecule has 19 heavy (non-hydrogen) atoms. The van der Waals surface area contributed by atoms with Crippen molar-refractivity contribution in [3.8, 4) is 0 Å². The van der Waals surface area contributed by atoms with Crippen LogP contribution in [-0.4, -0.2) is 33.4 Å². The van der Waals surface area contributed by atoms with Crippen molar-refractivity contribution in [3.05, 3.63) is 17.0 Å². The number of hydrogen-bond acceptors (Lipinski definition) is 3. The lowest BCUT2D eigenvalue weighted by Crippen LogP contribution is -2.38. The third-order valence-electron chi connectivity index (χ3n) is 3.97. The molecule has 1 fully saturated rings. The average Bonchev–Trinajstić information content (AvgIpc) is 3.15. The Morgan fingerprint density at radius 3 is 2.68 bits per heavy atom. The SMILES string of the molecule is Cc1nn(C)c(C)c1CC(=O)NC(CCO)C1CC1. The Morgan fingerprint density at radius 1 is 1.53 bits per heavy atom. The van der Waals surface area contributed by atoms with Crippen LogP contribution in [0.1, 0.15) is 36.2 Å². The smallest absolute Gasteiger partial charge is 0.224 e. The van der Waals surface area contributed by atoms with Gasteiger partial charge in [-0.15, -0.1) is 0 Å². The van der Waals surface area contributed by atoms with Crippen molar-refractivity contribution >= 4 is 5.91 Å². The van der Waals surface area contributed by atoms with E-state index in [2.05, 4.69) is 10.4 Å². The Balaban J connectivity index is 1.96. The molecule has 0 aliphatic heterocycles. The number of aromatic nitrogens is 2. The predicted molar refractivity (Wildman–Crippen MR) is 72.7 cm³/mol. The van der Waals surface area contributed by atoms with Crippen LogP contribution in [0, 0.1) is 19.8 Å². The topological polar surface area (TPSA) is 67.2 Å². The molecule has 0 spiro atoms. The number of aryl methyl sites for hydroxylation is 2. The number of amides is 1. The van der Waals surface area contributed by atoms with Crippen LogP contribution in [0.25, 0.3) is 0 Å². The molecule has 1 aromatic heterocycles. The van der Waals surface area contributed by atoms with Gasteiger partial charge in [0.2, 0.25) is 5.91 Å². The molecule has 1 atom stereocenters. The van der Waals surface area contributed by atoms with Gasteiger partial charge in [0.25, 0.3) is 0 Å². The number of nitrogens with zero attached hydrogens (tertiary/aromatic N) is 2. The molecule has 2 rings (SSSR count). The summed E-state index contributed by atoms with van der Waals surface area (Å²) in [7, 11) is 1.89. The maximum Gasteiger partial charge on any atom is 0.224 e. The summed E-state index contributed by atoms with van der Waals surface area (Å²) in [6.45, 7) is 4.04. The molecular weight excluding hydrogens is 242 g/mol. The lowest BCUT2D eigenvalue weighted by atomic mass is 10.1. The highest BCUT2D eigenvalue weighted by Gasteiger charge is 2.31. The number of hydrogen-bond donors (Lipinski definition) is 2. The summed E-state index contributed by atoms with van der Waals surface area (Å²) in [5.74, 6) is 0.594. The number of rotatable bonds is 6. The van der Waals surface area contributed by atoms with E-state index in [0.29, 0.717) is 18.8 Å².